The Morgan fingerprint density at radius 1 is 1.30 bits per heavy atom. The van der Waals surface area contributed by atoms with Gasteiger partial charge in [0.2, 0.25) is 0 Å². The number of halogens is 1. The Hall–Kier alpha value is -0.0800. The van der Waals surface area contributed by atoms with Crippen LogP contribution in [-0.4, -0.2) is 10.9 Å². The van der Waals surface area contributed by atoms with Crippen LogP contribution in [0.2, 0.25) is 0 Å². The first-order chi connectivity index (χ1) is 4.91. The number of unbranched alkanes of at least 4 members (excludes halogenated alkanes) is 4. The lowest BCUT2D eigenvalue weighted by molar-refractivity contribution is -0.107. The maximum Gasteiger partial charge on any atom is 0.119 e. The molecule has 0 bridgehead atoms. The van der Waals surface area contributed by atoms with Crippen molar-refractivity contribution in [3.8, 4) is 0 Å². The zero-order valence-corrected chi connectivity index (χ0v) is 7.10. The van der Waals surface area contributed by atoms with Crippen molar-refractivity contribution in [2.45, 2.75) is 39.0 Å². The number of hydrogen-bond donors (Lipinski definition) is 1. The summed E-state index contributed by atoms with van der Waals surface area (Å²) in [4.78, 5) is 9.77. The van der Waals surface area contributed by atoms with Gasteiger partial charge in [-0.3, -0.25) is 4.66 Å². The summed E-state index contributed by atoms with van der Waals surface area (Å²) in [6, 6.07) is 0. The monoisotopic (exact) mass is 166 g/mol. The maximum absolute atomic E-state index is 9.77. The van der Waals surface area contributed by atoms with Gasteiger partial charge in [-0.05, 0) is 6.42 Å². The van der Waals surface area contributed by atoms with E-state index >= 15 is 0 Å². The maximum atomic E-state index is 9.77. The molecule has 0 aromatic carbocycles. The Labute approximate surface area is 67.4 Å². The molecule has 0 rings (SSSR count). The van der Waals surface area contributed by atoms with E-state index in [9.17, 15) is 4.79 Å². The van der Waals surface area contributed by atoms with Crippen molar-refractivity contribution >= 4 is 18.2 Å². The van der Waals surface area contributed by atoms with Crippen LogP contribution in [0.3, 0.4) is 0 Å². The summed E-state index contributed by atoms with van der Waals surface area (Å²) in [7, 11) is 0. The summed E-state index contributed by atoms with van der Waals surface area (Å²) < 4.78 is 6.47. The lowest BCUT2D eigenvalue weighted by Gasteiger charge is -1.90. The second-order valence-electron chi connectivity index (χ2n) is 2.02. The first-order valence-corrected chi connectivity index (χ1v) is 3.86. The van der Waals surface area contributed by atoms with Crippen molar-refractivity contribution in [1.82, 2.24) is 0 Å². The van der Waals surface area contributed by atoms with E-state index in [0.29, 0.717) is 0 Å². The molecule has 0 saturated carbocycles. The van der Waals surface area contributed by atoms with Gasteiger partial charge in [-0.2, -0.15) is 0 Å². The fourth-order valence-corrected chi connectivity index (χ4v) is 0.654. The van der Waals surface area contributed by atoms with Gasteiger partial charge in [0.05, 0.1) is 11.9 Å². The average Bonchev–Trinajstić information content (AvgIpc) is 2.02. The molecule has 0 aliphatic heterocycles. The minimum Gasteiger partial charge on any atom is -0.303 e. The SMILES string of the molecule is CCCCCCC=O.OCl. The molecular weight excluding hydrogens is 152 g/mol. The highest BCUT2D eigenvalue weighted by molar-refractivity contribution is 6.04. The highest BCUT2D eigenvalue weighted by Crippen LogP contribution is 1.99. The molecule has 0 unspecified atom stereocenters. The summed E-state index contributed by atoms with van der Waals surface area (Å²) in [6.07, 6.45) is 6.56. The van der Waals surface area contributed by atoms with Crippen molar-refractivity contribution in [2.24, 2.45) is 0 Å². The van der Waals surface area contributed by atoms with E-state index in [0.717, 1.165) is 19.1 Å². The first-order valence-electron chi connectivity index (χ1n) is 3.52. The predicted octanol–water partition coefficient (Wildman–Crippen LogP) is 2.29. The lowest BCUT2D eigenvalue weighted by atomic mass is 10.2. The minimum atomic E-state index is 0.750. The summed E-state index contributed by atoms with van der Waals surface area (Å²) in [5, 5.41) is 0. The Morgan fingerprint density at radius 3 is 2.30 bits per heavy atom. The molecule has 62 valence electrons. The molecule has 0 saturated heterocycles. The van der Waals surface area contributed by atoms with E-state index in [2.05, 4.69) is 18.8 Å². The van der Waals surface area contributed by atoms with Crippen LogP contribution in [-0.2, 0) is 4.79 Å². The number of aldehydes is 1. The van der Waals surface area contributed by atoms with Gasteiger partial charge in [-0.25, -0.2) is 0 Å². The standard InChI is InChI=1S/C7H14O.ClHO/c1-2-3-4-5-6-7-8;1-2/h7H,2-6H2,1H3;2H. The molecule has 0 fully saturated rings. The van der Waals surface area contributed by atoms with E-state index < -0.39 is 0 Å². The molecule has 0 aliphatic carbocycles. The Balaban J connectivity index is 0. The van der Waals surface area contributed by atoms with Gasteiger partial charge in [-0.1, -0.05) is 26.2 Å². The molecule has 0 spiro atoms. The smallest absolute Gasteiger partial charge is 0.119 e. The van der Waals surface area contributed by atoms with Crippen molar-refractivity contribution < 1.29 is 9.45 Å². The normalized spacial score (nSPS) is 7.90. The third-order valence-corrected chi connectivity index (χ3v) is 1.18. The Kier molecular flexibility index (Phi) is 20.1. The number of hydrogen-bond acceptors (Lipinski definition) is 2. The van der Waals surface area contributed by atoms with Crippen LogP contribution in [0.15, 0.2) is 0 Å². The topological polar surface area (TPSA) is 37.3 Å². The number of carbonyl (C=O) groups excluding carboxylic acids is 1. The van der Waals surface area contributed by atoms with Crippen LogP contribution in [0.1, 0.15) is 39.0 Å². The van der Waals surface area contributed by atoms with E-state index in [1.54, 1.807) is 0 Å². The molecule has 1 N–H and O–H groups in total. The molecule has 0 aromatic rings. The molecule has 10 heavy (non-hydrogen) atoms. The zero-order chi connectivity index (χ0) is 8.24. The molecule has 0 amide bonds. The van der Waals surface area contributed by atoms with Gasteiger partial charge in [0, 0.05) is 6.42 Å². The van der Waals surface area contributed by atoms with Crippen molar-refractivity contribution in [3.05, 3.63) is 0 Å². The zero-order valence-electron chi connectivity index (χ0n) is 6.35. The number of carbonyl (C=O) groups is 1. The van der Waals surface area contributed by atoms with Gasteiger partial charge in [-0.15, -0.1) is 0 Å². The van der Waals surface area contributed by atoms with Crippen LogP contribution < -0.4 is 0 Å². The molecule has 0 aromatic heterocycles. The molecule has 2 nitrogen and oxygen atoms in total. The largest absolute Gasteiger partial charge is 0.303 e. The fourth-order valence-electron chi connectivity index (χ4n) is 0.654. The average molecular weight is 167 g/mol. The summed E-state index contributed by atoms with van der Waals surface area (Å²) in [5.41, 5.74) is 0. The van der Waals surface area contributed by atoms with E-state index in [-0.39, 0.29) is 0 Å². The van der Waals surface area contributed by atoms with Gasteiger partial charge >= 0.3 is 0 Å². The summed E-state index contributed by atoms with van der Waals surface area (Å²) in [5.74, 6) is 0. The molecule has 0 radical (unpaired) electrons. The van der Waals surface area contributed by atoms with Crippen LogP contribution >= 0.6 is 11.9 Å². The lowest BCUT2D eigenvalue weighted by Crippen LogP contribution is -1.76. The second-order valence-corrected chi connectivity index (χ2v) is 2.02. The van der Waals surface area contributed by atoms with E-state index in [4.69, 9.17) is 4.66 Å². The Bertz CT molecular complexity index is 57.6. The summed E-state index contributed by atoms with van der Waals surface area (Å²) >= 11 is 3.64. The summed E-state index contributed by atoms with van der Waals surface area (Å²) in [6.45, 7) is 2.17. The molecular formula is C7H15ClO2. The molecule has 0 heterocycles. The van der Waals surface area contributed by atoms with E-state index in [1.807, 2.05) is 0 Å². The molecule has 0 atom stereocenters. The first kappa shape index (κ1) is 12.6. The van der Waals surface area contributed by atoms with Crippen LogP contribution in [0.4, 0.5) is 0 Å². The highest BCUT2D eigenvalue weighted by Gasteiger charge is 1.83. The van der Waals surface area contributed by atoms with Crippen molar-refractivity contribution in [2.75, 3.05) is 0 Å². The number of rotatable bonds is 5. The third kappa shape index (κ3) is 15.7. The minimum absolute atomic E-state index is 0.750. The van der Waals surface area contributed by atoms with Crippen LogP contribution in [0.25, 0.3) is 0 Å². The van der Waals surface area contributed by atoms with Crippen molar-refractivity contribution in [3.63, 3.8) is 0 Å². The third-order valence-electron chi connectivity index (χ3n) is 1.18. The van der Waals surface area contributed by atoms with Crippen LogP contribution in [0, 0.1) is 0 Å². The highest BCUT2D eigenvalue weighted by atomic mass is 35.5. The van der Waals surface area contributed by atoms with Crippen LogP contribution in [0.5, 0.6) is 0 Å². The van der Waals surface area contributed by atoms with Gasteiger partial charge in [0.1, 0.15) is 6.29 Å². The molecule has 0 aliphatic rings. The quantitative estimate of drug-likeness (QED) is 0.503. The predicted molar refractivity (Wildman–Crippen MR) is 42.9 cm³/mol. The Morgan fingerprint density at radius 2 is 1.90 bits per heavy atom. The van der Waals surface area contributed by atoms with Gasteiger partial charge in [0.15, 0.2) is 0 Å². The van der Waals surface area contributed by atoms with Gasteiger partial charge < -0.3 is 4.79 Å². The molecule has 3 heteroatoms. The van der Waals surface area contributed by atoms with Crippen molar-refractivity contribution in [1.29, 1.82) is 0 Å². The van der Waals surface area contributed by atoms with Gasteiger partial charge in [0.25, 0.3) is 0 Å². The van der Waals surface area contributed by atoms with E-state index in [1.165, 1.54) is 19.3 Å². The second kappa shape index (κ2) is 16.0. The fraction of sp³-hybridized carbons (Fsp3) is 0.857.